The van der Waals surface area contributed by atoms with Crippen molar-refractivity contribution in [2.75, 3.05) is 23.7 Å². The maximum absolute atomic E-state index is 4.53. The molecule has 2 N–H and O–H groups in total. The highest BCUT2D eigenvalue weighted by atomic mass is 15.1. The zero-order valence-corrected chi connectivity index (χ0v) is 10.7. The first kappa shape index (κ1) is 12.7. The smallest absolute Gasteiger partial charge is 0.134 e. The third kappa shape index (κ3) is 3.08. The molecule has 0 amide bonds. The fourth-order valence-corrected chi connectivity index (χ4v) is 1.58. The number of nitrogens with zero attached hydrogens (tertiary/aromatic N) is 2. The van der Waals surface area contributed by atoms with Crippen molar-refractivity contribution in [1.29, 1.82) is 0 Å². The molecule has 0 saturated heterocycles. The Balaban J connectivity index is 3.05. The van der Waals surface area contributed by atoms with Crippen LogP contribution in [0.15, 0.2) is 0 Å². The first-order valence-electron chi connectivity index (χ1n) is 6.08. The summed E-state index contributed by atoms with van der Waals surface area (Å²) in [6.07, 6.45) is 2.00. The van der Waals surface area contributed by atoms with Crippen LogP contribution < -0.4 is 10.6 Å². The molecule has 0 radical (unpaired) electrons. The van der Waals surface area contributed by atoms with E-state index in [4.69, 9.17) is 0 Å². The minimum atomic E-state index is 0.884. The maximum atomic E-state index is 4.53. The predicted octanol–water partition coefficient (Wildman–Crippen LogP) is 2.60. The normalized spacial score (nSPS) is 10.2. The largest absolute Gasteiger partial charge is 0.370 e. The molecule has 1 aromatic heterocycles. The van der Waals surface area contributed by atoms with Crippen LogP contribution in [0.5, 0.6) is 0 Å². The van der Waals surface area contributed by atoms with Gasteiger partial charge in [-0.25, -0.2) is 9.97 Å². The summed E-state index contributed by atoms with van der Waals surface area (Å²) in [7, 11) is 0. The number of anilines is 2. The number of aromatic nitrogens is 2. The van der Waals surface area contributed by atoms with Crippen LogP contribution in [0.4, 0.5) is 11.6 Å². The van der Waals surface area contributed by atoms with Crippen molar-refractivity contribution in [3.8, 4) is 0 Å². The van der Waals surface area contributed by atoms with Crippen molar-refractivity contribution in [3.05, 3.63) is 11.4 Å². The molecule has 4 heteroatoms. The highest BCUT2D eigenvalue weighted by molar-refractivity contribution is 5.57. The van der Waals surface area contributed by atoms with Gasteiger partial charge in [0, 0.05) is 25.1 Å². The second-order valence-corrected chi connectivity index (χ2v) is 3.77. The Bertz CT molecular complexity index is 309. The second-order valence-electron chi connectivity index (χ2n) is 3.77. The van der Waals surface area contributed by atoms with Crippen molar-refractivity contribution in [3.63, 3.8) is 0 Å². The van der Waals surface area contributed by atoms with E-state index in [0.29, 0.717) is 0 Å². The summed E-state index contributed by atoms with van der Waals surface area (Å²) in [5.41, 5.74) is 1.10. The Kier molecular flexibility index (Phi) is 5.02. The topological polar surface area (TPSA) is 49.8 Å². The number of nitrogens with one attached hydrogen (secondary N) is 2. The fourth-order valence-electron chi connectivity index (χ4n) is 1.58. The SMILES string of the molecule is CCCc1nc(NCC)c(C)c(NCC)n1. The van der Waals surface area contributed by atoms with Crippen molar-refractivity contribution in [2.24, 2.45) is 0 Å². The van der Waals surface area contributed by atoms with Gasteiger partial charge >= 0.3 is 0 Å². The predicted molar refractivity (Wildman–Crippen MR) is 69.1 cm³/mol. The molecule has 4 nitrogen and oxygen atoms in total. The Morgan fingerprint density at radius 2 is 1.44 bits per heavy atom. The van der Waals surface area contributed by atoms with Crippen LogP contribution >= 0.6 is 0 Å². The van der Waals surface area contributed by atoms with Crippen LogP contribution in [-0.4, -0.2) is 23.1 Å². The highest BCUT2D eigenvalue weighted by Crippen LogP contribution is 2.20. The van der Waals surface area contributed by atoms with Gasteiger partial charge in [-0.05, 0) is 27.2 Å². The van der Waals surface area contributed by atoms with Crippen molar-refractivity contribution in [1.82, 2.24) is 9.97 Å². The molecule has 0 unspecified atom stereocenters. The van der Waals surface area contributed by atoms with Gasteiger partial charge in [0.2, 0.25) is 0 Å². The van der Waals surface area contributed by atoms with E-state index in [0.717, 1.165) is 49.0 Å². The van der Waals surface area contributed by atoms with Gasteiger partial charge in [-0.15, -0.1) is 0 Å². The molecule has 0 aliphatic carbocycles. The van der Waals surface area contributed by atoms with Crippen LogP contribution in [0.2, 0.25) is 0 Å². The molecule has 90 valence electrons. The lowest BCUT2D eigenvalue weighted by Gasteiger charge is -2.13. The van der Waals surface area contributed by atoms with Crippen molar-refractivity contribution in [2.45, 2.75) is 40.5 Å². The third-order valence-corrected chi connectivity index (χ3v) is 2.35. The number of hydrogen-bond acceptors (Lipinski definition) is 4. The number of rotatable bonds is 6. The molecular weight excluding hydrogens is 200 g/mol. The van der Waals surface area contributed by atoms with Crippen molar-refractivity contribution < 1.29 is 0 Å². The first-order valence-corrected chi connectivity index (χ1v) is 6.08. The van der Waals surface area contributed by atoms with Crippen molar-refractivity contribution >= 4 is 11.6 Å². The van der Waals surface area contributed by atoms with Gasteiger partial charge in [0.05, 0.1) is 0 Å². The average molecular weight is 222 g/mol. The van der Waals surface area contributed by atoms with E-state index in [-0.39, 0.29) is 0 Å². The zero-order chi connectivity index (χ0) is 12.0. The molecule has 1 rings (SSSR count). The van der Waals surface area contributed by atoms with E-state index < -0.39 is 0 Å². The number of aryl methyl sites for hydroxylation is 1. The Labute approximate surface area is 97.9 Å². The molecule has 0 aliphatic rings. The molecule has 0 atom stereocenters. The molecule has 1 aromatic rings. The Morgan fingerprint density at radius 3 is 1.81 bits per heavy atom. The van der Waals surface area contributed by atoms with Gasteiger partial charge in [-0.3, -0.25) is 0 Å². The summed E-state index contributed by atoms with van der Waals surface area (Å²) >= 11 is 0. The monoisotopic (exact) mass is 222 g/mol. The third-order valence-electron chi connectivity index (χ3n) is 2.35. The summed E-state index contributed by atoms with van der Waals surface area (Å²) in [6.45, 7) is 10.1. The molecule has 0 spiro atoms. The van der Waals surface area contributed by atoms with E-state index in [2.05, 4.69) is 41.4 Å². The summed E-state index contributed by atoms with van der Waals surface area (Å²) in [5.74, 6) is 2.83. The average Bonchev–Trinajstić information content (AvgIpc) is 2.26. The van der Waals surface area contributed by atoms with E-state index in [9.17, 15) is 0 Å². The Hall–Kier alpha value is -1.32. The van der Waals surface area contributed by atoms with Gasteiger partial charge < -0.3 is 10.6 Å². The maximum Gasteiger partial charge on any atom is 0.134 e. The molecule has 1 heterocycles. The van der Waals surface area contributed by atoms with Crippen LogP contribution in [0.1, 0.15) is 38.6 Å². The lowest BCUT2D eigenvalue weighted by atomic mass is 10.2. The minimum absolute atomic E-state index is 0.884. The van der Waals surface area contributed by atoms with Gasteiger partial charge in [-0.2, -0.15) is 0 Å². The van der Waals surface area contributed by atoms with Crippen LogP contribution in [0, 0.1) is 6.92 Å². The van der Waals surface area contributed by atoms with Crippen LogP contribution in [0.3, 0.4) is 0 Å². The molecule has 0 saturated carbocycles. The van der Waals surface area contributed by atoms with Crippen LogP contribution in [-0.2, 0) is 6.42 Å². The molecule has 0 aliphatic heterocycles. The van der Waals surface area contributed by atoms with Gasteiger partial charge in [0.15, 0.2) is 0 Å². The molecule has 16 heavy (non-hydrogen) atoms. The lowest BCUT2D eigenvalue weighted by molar-refractivity contribution is 0.831. The summed E-state index contributed by atoms with van der Waals surface area (Å²) < 4.78 is 0. The number of hydrogen-bond donors (Lipinski definition) is 2. The van der Waals surface area contributed by atoms with Gasteiger partial charge in [-0.1, -0.05) is 6.92 Å². The quantitative estimate of drug-likeness (QED) is 0.776. The molecule has 0 aromatic carbocycles. The first-order chi connectivity index (χ1) is 7.72. The lowest BCUT2D eigenvalue weighted by Crippen LogP contribution is -2.10. The van der Waals surface area contributed by atoms with E-state index >= 15 is 0 Å². The molecular formula is C12H22N4. The van der Waals surface area contributed by atoms with Gasteiger partial charge in [0.1, 0.15) is 17.5 Å². The van der Waals surface area contributed by atoms with E-state index in [1.807, 2.05) is 6.92 Å². The highest BCUT2D eigenvalue weighted by Gasteiger charge is 2.08. The standard InChI is InChI=1S/C12H22N4/c1-5-8-10-15-11(13-6-2)9(4)12(16-10)14-7-3/h5-8H2,1-4H3,(H2,13,14,15,16). The second kappa shape index (κ2) is 6.30. The zero-order valence-electron chi connectivity index (χ0n) is 10.7. The molecule has 0 bridgehead atoms. The minimum Gasteiger partial charge on any atom is -0.370 e. The fraction of sp³-hybridized carbons (Fsp3) is 0.667. The van der Waals surface area contributed by atoms with Crippen LogP contribution in [0.25, 0.3) is 0 Å². The van der Waals surface area contributed by atoms with Gasteiger partial charge in [0.25, 0.3) is 0 Å². The summed E-state index contributed by atoms with van der Waals surface area (Å²) in [5, 5.41) is 6.56. The summed E-state index contributed by atoms with van der Waals surface area (Å²) in [6, 6.07) is 0. The molecule has 0 fully saturated rings. The Morgan fingerprint density at radius 1 is 0.938 bits per heavy atom. The van der Waals surface area contributed by atoms with E-state index in [1.165, 1.54) is 0 Å². The summed E-state index contributed by atoms with van der Waals surface area (Å²) in [4.78, 5) is 9.06. The van der Waals surface area contributed by atoms with E-state index in [1.54, 1.807) is 0 Å².